The largest absolute Gasteiger partial charge is 0.320 e. The molecule has 3 N–H and O–H groups in total. The summed E-state index contributed by atoms with van der Waals surface area (Å²) in [7, 11) is 0. The lowest BCUT2D eigenvalue weighted by Crippen LogP contribution is -2.34. The topological polar surface area (TPSA) is 98.2 Å². The van der Waals surface area contributed by atoms with Crippen molar-refractivity contribution in [3.63, 3.8) is 0 Å². The zero-order chi connectivity index (χ0) is 18.1. The number of carbonyl (C=O) groups is 1. The molecule has 1 atom stereocenters. The molecule has 7 nitrogen and oxygen atoms in total. The van der Waals surface area contributed by atoms with Gasteiger partial charge in [-0.3, -0.25) is 9.20 Å². The van der Waals surface area contributed by atoms with Gasteiger partial charge in [0.15, 0.2) is 5.13 Å². The fraction of sp³-hybridized carbons (Fsp3) is 0.176. The van der Waals surface area contributed by atoms with E-state index in [1.54, 1.807) is 18.0 Å². The summed E-state index contributed by atoms with van der Waals surface area (Å²) >= 11 is 3.04. The molecule has 0 saturated carbocycles. The van der Waals surface area contributed by atoms with Gasteiger partial charge >= 0.3 is 0 Å². The van der Waals surface area contributed by atoms with Crippen molar-refractivity contribution in [3.05, 3.63) is 42.9 Å². The Hall–Kier alpha value is -2.49. The van der Waals surface area contributed by atoms with E-state index in [4.69, 9.17) is 5.73 Å². The summed E-state index contributed by atoms with van der Waals surface area (Å²) in [4.78, 5) is 26.0. The molecule has 9 heteroatoms. The zero-order valence-electron chi connectivity index (χ0n) is 13.9. The van der Waals surface area contributed by atoms with Crippen molar-refractivity contribution in [1.82, 2.24) is 19.4 Å². The molecule has 26 heavy (non-hydrogen) atoms. The highest BCUT2D eigenvalue weighted by Crippen LogP contribution is 2.33. The third kappa shape index (κ3) is 3.28. The van der Waals surface area contributed by atoms with E-state index >= 15 is 0 Å². The van der Waals surface area contributed by atoms with Crippen LogP contribution in [0.1, 0.15) is 13.3 Å². The van der Waals surface area contributed by atoms with Gasteiger partial charge in [0.2, 0.25) is 11.7 Å². The Morgan fingerprint density at radius 1 is 1.42 bits per heavy atom. The van der Waals surface area contributed by atoms with E-state index < -0.39 is 6.04 Å². The van der Waals surface area contributed by atoms with Gasteiger partial charge in [0.25, 0.3) is 0 Å². The molecule has 0 saturated heterocycles. The Labute approximate surface area is 157 Å². The number of nitrogens with zero attached hydrogens (tertiary/aromatic N) is 4. The van der Waals surface area contributed by atoms with Gasteiger partial charge in [0.05, 0.1) is 22.5 Å². The normalized spacial score (nSPS) is 12.5. The maximum Gasteiger partial charge on any atom is 0.243 e. The molecule has 0 spiro atoms. The molecular formula is C17H16N6OS2. The first-order chi connectivity index (χ1) is 12.6. The van der Waals surface area contributed by atoms with Crippen molar-refractivity contribution < 1.29 is 4.79 Å². The van der Waals surface area contributed by atoms with Crippen molar-refractivity contribution in [1.29, 1.82) is 0 Å². The molecule has 4 aromatic rings. The van der Waals surface area contributed by atoms with E-state index in [0.717, 1.165) is 20.1 Å². The Kier molecular flexibility index (Phi) is 4.58. The molecular weight excluding hydrogens is 368 g/mol. The lowest BCUT2D eigenvalue weighted by molar-refractivity contribution is -0.117. The van der Waals surface area contributed by atoms with Crippen LogP contribution in [0, 0.1) is 0 Å². The molecule has 0 fully saturated rings. The molecule has 132 valence electrons. The number of nitrogens with two attached hydrogens (primary N) is 1. The molecule has 0 aliphatic rings. The van der Waals surface area contributed by atoms with Gasteiger partial charge in [-0.05, 0) is 30.7 Å². The monoisotopic (exact) mass is 384 g/mol. The molecule has 3 aromatic heterocycles. The van der Waals surface area contributed by atoms with Crippen LogP contribution in [-0.2, 0) is 4.79 Å². The van der Waals surface area contributed by atoms with Crippen molar-refractivity contribution in [3.8, 4) is 0 Å². The number of thiazole rings is 1. The van der Waals surface area contributed by atoms with E-state index in [9.17, 15) is 4.79 Å². The van der Waals surface area contributed by atoms with E-state index in [-0.39, 0.29) is 5.91 Å². The standard InChI is InChI=1S/C17H16N6OS2/c1-2-11(18)15(24)22-17-21-12-5-4-10(8-13(12)26-17)25-14-9-20-16-19-6-3-7-23(14)16/h3-9,11H,2,18H2,1H3,(H,21,22,24). The first-order valence-electron chi connectivity index (χ1n) is 8.07. The van der Waals surface area contributed by atoms with Crippen molar-refractivity contribution in [2.24, 2.45) is 5.73 Å². The molecule has 0 bridgehead atoms. The number of benzene rings is 1. The summed E-state index contributed by atoms with van der Waals surface area (Å²) < 4.78 is 2.95. The Balaban J connectivity index is 1.58. The van der Waals surface area contributed by atoms with E-state index in [1.807, 2.05) is 41.9 Å². The molecule has 1 amide bonds. The van der Waals surface area contributed by atoms with Crippen molar-refractivity contribution >= 4 is 50.1 Å². The predicted octanol–water partition coefficient (Wildman–Crippen LogP) is 3.17. The van der Waals surface area contributed by atoms with Crippen molar-refractivity contribution in [2.75, 3.05) is 5.32 Å². The van der Waals surface area contributed by atoms with Crippen LogP contribution in [0.5, 0.6) is 0 Å². The lowest BCUT2D eigenvalue weighted by Gasteiger charge is -2.06. The molecule has 4 rings (SSSR count). The lowest BCUT2D eigenvalue weighted by atomic mass is 10.2. The van der Waals surface area contributed by atoms with Gasteiger partial charge in [-0.2, -0.15) is 0 Å². The number of hydrogen-bond acceptors (Lipinski definition) is 7. The number of anilines is 1. The van der Waals surface area contributed by atoms with Crippen LogP contribution in [0.15, 0.2) is 52.8 Å². The van der Waals surface area contributed by atoms with Crippen LogP contribution >= 0.6 is 23.1 Å². The molecule has 1 aromatic carbocycles. The minimum absolute atomic E-state index is 0.209. The molecule has 0 radical (unpaired) electrons. The third-order valence-corrected chi connectivity index (χ3v) is 5.78. The average Bonchev–Trinajstić information content (AvgIpc) is 3.24. The molecule has 1 unspecified atom stereocenters. The van der Waals surface area contributed by atoms with Gasteiger partial charge in [-0.15, -0.1) is 0 Å². The highest BCUT2D eigenvalue weighted by molar-refractivity contribution is 7.99. The minimum atomic E-state index is -0.517. The van der Waals surface area contributed by atoms with Crippen LogP contribution in [-0.4, -0.2) is 31.3 Å². The second kappa shape index (κ2) is 7.02. The fourth-order valence-electron chi connectivity index (χ4n) is 2.41. The molecule has 0 aliphatic heterocycles. The number of amides is 1. The maximum atomic E-state index is 11.9. The maximum absolute atomic E-state index is 11.9. The van der Waals surface area contributed by atoms with E-state index in [1.165, 1.54) is 11.3 Å². The number of hydrogen-bond donors (Lipinski definition) is 2. The van der Waals surface area contributed by atoms with Gasteiger partial charge < -0.3 is 11.1 Å². The Morgan fingerprint density at radius 3 is 3.15 bits per heavy atom. The number of carbonyl (C=O) groups excluding carboxylic acids is 1. The number of rotatable bonds is 5. The van der Waals surface area contributed by atoms with Crippen LogP contribution in [0.4, 0.5) is 5.13 Å². The van der Waals surface area contributed by atoms with Crippen LogP contribution in [0.3, 0.4) is 0 Å². The van der Waals surface area contributed by atoms with Crippen molar-refractivity contribution in [2.45, 2.75) is 29.3 Å². The highest BCUT2D eigenvalue weighted by Gasteiger charge is 2.14. The third-order valence-electron chi connectivity index (χ3n) is 3.84. The molecule has 0 aliphatic carbocycles. The second-order valence-corrected chi connectivity index (χ2v) is 7.77. The zero-order valence-corrected chi connectivity index (χ0v) is 15.5. The summed E-state index contributed by atoms with van der Waals surface area (Å²) in [6.45, 7) is 1.88. The highest BCUT2D eigenvalue weighted by atomic mass is 32.2. The molecule has 3 heterocycles. The van der Waals surface area contributed by atoms with Crippen LogP contribution in [0.2, 0.25) is 0 Å². The van der Waals surface area contributed by atoms with Crippen LogP contribution in [0.25, 0.3) is 16.0 Å². The van der Waals surface area contributed by atoms with Gasteiger partial charge in [0.1, 0.15) is 5.03 Å². The first kappa shape index (κ1) is 17.0. The number of fused-ring (bicyclic) bond motifs is 2. The average molecular weight is 384 g/mol. The van der Waals surface area contributed by atoms with E-state index in [2.05, 4.69) is 26.3 Å². The Bertz CT molecular complexity index is 1090. The SMILES string of the molecule is CCC(N)C(=O)Nc1nc2ccc(Sc3cnc4ncccn34)cc2s1. The predicted molar refractivity (Wildman–Crippen MR) is 104 cm³/mol. The van der Waals surface area contributed by atoms with Gasteiger partial charge in [0, 0.05) is 17.3 Å². The summed E-state index contributed by atoms with van der Waals surface area (Å²) in [5.74, 6) is 0.463. The minimum Gasteiger partial charge on any atom is -0.320 e. The summed E-state index contributed by atoms with van der Waals surface area (Å²) in [6.07, 6.45) is 6.06. The number of imidazole rings is 1. The number of nitrogens with one attached hydrogen (secondary N) is 1. The smallest absolute Gasteiger partial charge is 0.243 e. The fourth-order valence-corrected chi connectivity index (χ4v) is 4.29. The first-order valence-corrected chi connectivity index (χ1v) is 9.70. The summed E-state index contributed by atoms with van der Waals surface area (Å²) in [5, 5.41) is 4.34. The van der Waals surface area contributed by atoms with Crippen LogP contribution < -0.4 is 11.1 Å². The van der Waals surface area contributed by atoms with Gasteiger partial charge in [-0.25, -0.2) is 15.0 Å². The number of aromatic nitrogens is 4. The summed E-state index contributed by atoms with van der Waals surface area (Å²) in [5.41, 5.74) is 6.60. The second-order valence-electron chi connectivity index (χ2n) is 5.64. The summed E-state index contributed by atoms with van der Waals surface area (Å²) in [6, 6.07) is 7.37. The quantitative estimate of drug-likeness (QED) is 0.548. The van der Waals surface area contributed by atoms with E-state index in [0.29, 0.717) is 17.3 Å². The Morgan fingerprint density at radius 2 is 2.31 bits per heavy atom. The van der Waals surface area contributed by atoms with Gasteiger partial charge in [-0.1, -0.05) is 30.0 Å².